The number of nitrogens with two attached hydrogens (primary N) is 1. The van der Waals surface area contributed by atoms with Gasteiger partial charge in [0.05, 0.1) is 5.69 Å². The summed E-state index contributed by atoms with van der Waals surface area (Å²) >= 11 is 0. The van der Waals surface area contributed by atoms with Crippen LogP contribution in [0, 0.1) is 0 Å². The van der Waals surface area contributed by atoms with Gasteiger partial charge in [-0.3, -0.25) is 9.88 Å². The van der Waals surface area contributed by atoms with Crippen molar-refractivity contribution in [3.8, 4) is 0 Å². The van der Waals surface area contributed by atoms with Crippen LogP contribution in [-0.2, 0) is 13.1 Å². The summed E-state index contributed by atoms with van der Waals surface area (Å²) in [5.74, 6) is 0. The molecule has 1 rings (SSSR count). The van der Waals surface area contributed by atoms with E-state index in [0.29, 0.717) is 6.54 Å². The van der Waals surface area contributed by atoms with Crippen molar-refractivity contribution in [1.82, 2.24) is 9.88 Å². The number of hydrogen-bond acceptors (Lipinski definition) is 3. The molecule has 0 aromatic carbocycles. The summed E-state index contributed by atoms with van der Waals surface area (Å²) in [6, 6.07) is 3.99. The Hall–Kier alpha value is -0.930. The number of rotatable bonds is 5. The van der Waals surface area contributed by atoms with Crippen molar-refractivity contribution in [2.75, 3.05) is 13.1 Å². The quantitative estimate of drug-likeness (QED) is 0.768. The van der Waals surface area contributed by atoms with E-state index in [0.717, 1.165) is 30.9 Å². The molecule has 0 spiro atoms. The van der Waals surface area contributed by atoms with Gasteiger partial charge < -0.3 is 5.73 Å². The van der Waals surface area contributed by atoms with E-state index < -0.39 is 0 Å². The van der Waals surface area contributed by atoms with Crippen LogP contribution in [0.4, 0.5) is 0 Å². The standard InChI is InChI=1S/C11H19N3/c1-3-14(4-2)9-11-10(8-12)6-5-7-13-11/h5-7H,3-4,8-9,12H2,1-2H3. The lowest BCUT2D eigenvalue weighted by molar-refractivity contribution is 0.291. The molecule has 3 nitrogen and oxygen atoms in total. The Kier molecular flexibility index (Phi) is 4.56. The fraction of sp³-hybridized carbons (Fsp3) is 0.545. The van der Waals surface area contributed by atoms with Gasteiger partial charge in [-0.05, 0) is 24.7 Å². The second-order valence-electron chi connectivity index (χ2n) is 3.27. The number of pyridine rings is 1. The fourth-order valence-corrected chi connectivity index (χ4v) is 1.46. The summed E-state index contributed by atoms with van der Waals surface area (Å²) in [6.45, 7) is 7.90. The molecular formula is C11H19N3. The lowest BCUT2D eigenvalue weighted by Crippen LogP contribution is -2.23. The van der Waals surface area contributed by atoms with Gasteiger partial charge in [0.25, 0.3) is 0 Å². The van der Waals surface area contributed by atoms with Crippen LogP contribution in [0.5, 0.6) is 0 Å². The van der Waals surface area contributed by atoms with Crippen LogP contribution in [0.1, 0.15) is 25.1 Å². The SMILES string of the molecule is CCN(CC)Cc1ncccc1CN. The van der Waals surface area contributed by atoms with Crippen LogP contribution in [0.2, 0.25) is 0 Å². The minimum Gasteiger partial charge on any atom is -0.326 e. The molecule has 78 valence electrons. The fourth-order valence-electron chi connectivity index (χ4n) is 1.46. The molecule has 0 aliphatic carbocycles. The zero-order valence-corrected chi connectivity index (χ0v) is 9.03. The van der Waals surface area contributed by atoms with Crippen molar-refractivity contribution >= 4 is 0 Å². The molecule has 0 saturated heterocycles. The van der Waals surface area contributed by atoms with E-state index >= 15 is 0 Å². The average Bonchev–Trinajstić information content (AvgIpc) is 2.26. The second kappa shape index (κ2) is 5.73. The first-order valence-electron chi connectivity index (χ1n) is 5.17. The van der Waals surface area contributed by atoms with Crippen molar-refractivity contribution in [2.24, 2.45) is 5.73 Å². The molecule has 0 unspecified atom stereocenters. The molecule has 3 heteroatoms. The van der Waals surface area contributed by atoms with Gasteiger partial charge in [0.15, 0.2) is 0 Å². The predicted octanol–water partition coefficient (Wildman–Crippen LogP) is 1.38. The third kappa shape index (κ3) is 2.79. The lowest BCUT2D eigenvalue weighted by atomic mass is 10.2. The number of hydrogen-bond donors (Lipinski definition) is 1. The zero-order valence-electron chi connectivity index (χ0n) is 9.03. The summed E-state index contributed by atoms with van der Waals surface area (Å²) in [5, 5.41) is 0. The maximum Gasteiger partial charge on any atom is 0.0588 e. The smallest absolute Gasteiger partial charge is 0.0588 e. The summed E-state index contributed by atoms with van der Waals surface area (Å²) in [4.78, 5) is 6.70. The maximum atomic E-state index is 5.65. The van der Waals surface area contributed by atoms with E-state index in [1.165, 1.54) is 0 Å². The summed E-state index contributed by atoms with van der Waals surface area (Å²) in [5.41, 5.74) is 7.91. The van der Waals surface area contributed by atoms with E-state index in [2.05, 4.69) is 23.7 Å². The van der Waals surface area contributed by atoms with Gasteiger partial charge in [-0.15, -0.1) is 0 Å². The maximum absolute atomic E-state index is 5.65. The normalized spacial score (nSPS) is 10.9. The van der Waals surface area contributed by atoms with Crippen molar-refractivity contribution in [2.45, 2.75) is 26.9 Å². The molecule has 0 radical (unpaired) electrons. The van der Waals surface area contributed by atoms with Crippen LogP contribution in [0.3, 0.4) is 0 Å². The molecule has 0 saturated carbocycles. The Morgan fingerprint density at radius 1 is 1.36 bits per heavy atom. The van der Waals surface area contributed by atoms with Gasteiger partial charge in [-0.2, -0.15) is 0 Å². The van der Waals surface area contributed by atoms with E-state index in [4.69, 9.17) is 5.73 Å². The first kappa shape index (κ1) is 11.1. The van der Waals surface area contributed by atoms with Gasteiger partial charge in [-0.25, -0.2) is 0 Å². The zero-order chi connectivity index (χ0) is 10.4. The molecule has 0 bridgehead atoms. The average molecular weight is 193 g/mol. The highest BCUT2D eigenvalue weighted by molar-refractivity contribution is 5.19. The molecule has 1 aromatic heterocycles. The molecule has 0 fully saturated rings. The van der Waals surface area contributed by atoms with Crippen LogP contribution in [0.25, 0.3) is 0 Å². The lowest BCUT2D eigenvalue weighted by Gasteiger charge is -2.18. The number of aromatic nitrogens is 1. The summed E-state index contributed by atoms with van der Waals surface area (Å²) in [7, 11) is 0. The molecule has 0 atom stereocenters. The Bertz CT molecular complexity index is 269. The monoisotopic (exact) mass is 193 g/mol. The van der Waals surface area contributed by atoms with E-state index in [-0.39, 0.29) is 0 Å². The highest BCUT2D eigenvalue weighted by atomic mass is 15.1. The minimum absolute atomic E-state index is 0.574. The van der Waals surface area contributed by atoms with Crippen molar-refractivity contribution in [3.05, 3.63) is 29.6 Å². The Morgan fingerprint density at radius 2 is 2.07 bits per heavy atom. The Balaban J connectivity index is 2.74. The van der Waals surface area contributed by atoms with Gasteiger partial charge >= 0.3 is 0 Å². The van der Waals surface area contributed by atoms with Crippen LogP contribution in [0.15, 0.2) is 18.3 Å². The van der Waals surface area contributed by atoms with Crippen molar-refractivity contribution in [1.29, 1.82) is 0 Å². The van der Waals surface area contributed by atoms with E-state index in [1.54, 1.807) is 0 Å². The molecule has 2 N–H and O–H groups in total. The molecular weight excluding hydrogens is 174 g/mol. The molecule has 0 aliphatic heterocycles. The minimum atomic E-state index is 0.574. The second-order valence-corrected chi connectivity index (χ2v) is 3.27. The molecule has 0 amide bonds. The van der Waals surface area contributed by atoms with Gasteiger partial charge in [0.2, 0.25) is 0 Å². The van der Waals surface area contributed by atoms with E-state index in [1.807, 2.05) is 18.3 Å². The van der Waals surface area contributed by atoms with Gasteiger partial charge in [-0.1, -0.05) is 19.9 Å². The van der Waals surface area contributed by atoms with E-state index in [9.17, 15) is 0 Å². The molecule has 0 aliphatic rings. The molecule has 14 heavy (non-hydrogen) atoms. The van der Waals surface area contributed by atoms with Gasteiger partial charge in [0.1, 0.15) is 0 Å². The number of nitrogens with zero attached hydrogens (tertiary/aromatic N) is 2. The summed E-state index contributed by atoms with van der Waals surface area (Å²) < 4.78 is 0. The third-order valence-corrected chi connectivity index (χ3v) is 2.47. The first-order valence-corrected chi connectivity index (χ1v) is 5.17. The predicted molar refractivity (Wildman–Crippen MR) is 58.8 cm³/mol. The Morgan fingerprint density at radius 3 is 2.64 bits per heavy atom. The van der Waals surface area contributed by atoms with Crippen molar-refractivity contribution in [3.63, 3.8) is 0 Å². The molecule has 1 heterocycles. The molecule has 1 aromatic rings. The van der Waals surface area contributed by atoms with Crippen LogP contribution in [-0.4, -0.2) is 23.0 Å². The van der Waals surface area contributed by atoms with Crippen molar-refractivity contribution < 1.29 is 0 Å². The Labute approximate surface area is 85.9 Å². The van der Waals surface area contributed by atoms with Crippen LogP contribution >= 0.6 is 0 Å². The largest absolute Gasteiger partial charge is 0.326 e. The van der Waals surface area contributed by atoms with Crippen LogP contribution < -0.4 is 5.73 Å². The highest BCUT2D eigenvalue weighted by Crippen LogP contribution is 2.07. The summed E-state index contributed by atoms with van der Waals surface area (Å²) in [6.07, 6.45) is 1.83. The van der Waals surface area contributed by atoms with Gasteiger partial charge in [0, 0.05) is 19.3 Å². The first-order chi connectivity index (χ1) is 6.81. The topological polar surface area (TPSA) is 42.2 Å². The highest BCUT2D eigenvalue weighted by Gasteiger charge is 2.05. The third-order valence-electron chi connectivity index (χ3n) is 2.47.